The lowest BCUT2D eigenvalue weighted by atomic mass is 10.0. The molecule has 0 bridgehead atoms. The molecule has 0 aromatic heterocycles. The van der Waals surface area contributed by atoms with Crippen LogP contribution in [-0.2, 0) is 20.6 Å². The molecule has 0 saturated carbocycles. The SMILES string of the molecule is CC(C)CN(CC(O)C(Cc1ccccc1)NC(=O)OC1COC2OCCC12)Sc1ccc(N)cc1. The number of hydrogen-bond donors (Lipinski definition) is 3. The number of ether oxygens (including phenoxy) is 3. The van der Waals surface area contributed by atoms with Crippen molar-refractivity contribution in [3.05, 3.63) is 60.2 Å². The maximum absolute atomic E-state index is 12.9. The zero-order chi connectivity index (χ0) is 25.5. The third-order valence-electron chi connectivity index (χ3n) is 6.38. The molecule has 2 aromatic rings. The van der Waals surface area contributed by atoms with Gasteiger partial charge in [-0.3, -0.25) is 0 Å². The number of aliphatic hydroxyl groups is 1. The number of carbonyl (C=O) groups is 1. The van der Waals surface area contributed by atoms with E-state index >= 15 is 0 Å². The van der Waals surface area contributed by atoms with E-state index in [1.165, 1.54) is 0 Å². The monoisotopic (exact) mass is 515 g/mol. The lowest BCUT2D eigenvalue weighted by Gasteiger charge is -2.30. The summed E-state index contributed by atoms with van der Waals surface area (Å²) in [7, 11) is 0. The molecule has 9 heteroatoms. The number of carbonyl (C=O) groups excluding carboxylic acids is 1. The summed E-state index contributed by atoms with van der Waals surface area (Å²) in [5.41, 5.74) is 7.57. The zero-order valence-corrected chi connectivity index (χ0v) is 21.7. The van der Waals surface area contributed by atoms with Crippen LogP contribution in [-0.4, -0.2) is 66.3 Å². The molecule has 2 aliphatic heterocycles. The molecule has 4 rings (SSSR count). The molecule has 196 valence electrons. The van der Waals surface area contributed by atoms with Crippen LogP contribution < -0.4 is 11.1 Å². The van der Waals surface area contributed by atoms with Crippen molar-refractivity contribution < 1.29 is 24.1 Å². The number of alkyl carbamates (subject to hydrolysis) is 1. The largest absolute Gasteiger partial charge is 0.443 e. The first-order valence-electron chi connectivity index (χ1n) is 12.6. The third-order valence-corrected chi connectivity index (χ3v) is 7.42. The number of anilines is 1. The van der Waals surface area contributed by atoms with Crippen molar-refractivity contribution in [1.29, 1.82) is 0 Å². The first-order valence-corrected chi connectivity index (χ1v) is 13.4. The van der Waals surface area contributed by atoms with Crippen molar-refractivity contribution in [2.45, 2.75) is 56.1 Å². The Bertz CT molecular complexity index is 962. The molecule has 2 fully saturated rings. The van der Waals surface area contributed by atoms with Crippen molar-refractivity contribution in [2.24, 2.45) is 11.8 Å². The molecule has 4 N–H and O–H groups in total. The predicted octanol–water partition coefficient (Wildman–Crippen LogP) is 3.69. The number of nitrogens with zero attached hydrogens (tertiary/aromatic N) is 1. The lowest BCUT2D eigenvalue weighted by molar-refractivity contribution is -0.0907. The molecule has 8 nitrogen and oxygen atoms in total. The molecular weight excluding hydrogens is 478 g/mol. The van der Waals surface area contributed by atoms with Gasteiger partial charge in [0.1, 0.15) is 6.10 Å². The number of amides is 1. The number of fused-ring (bicyclic) bond motifs is 1. The molecule has 5 unspecified atom stereocenters. The molecule has 2 aliphatic rings. The Labute approximate surface area is 217 Å². The van der Waals surface area contributed by atoms with Gasteiger partial charge in [-0.25, -0.2) is 9.10 Å². The normalized spacial score (nSPS) is 23.0. The fraction of sp³-hybridized carbons (Fsp3) is 0.519. The van der Waals surface area contributed by atoms with Crippen LogP contribution in [0.1, 0.15) is 25.8 Å². The standard InChI is InChI=1S/C27H37N3O5S/c1-18(2)15-30(36-21-10-8-20(28)9-11-21)16-24(31)23(14-19-6-4-3-5-7-19)29-27(32)35-25-17-34-26-22(25)12-13-33-26/h3-11,18,22-26,31H,12-17,28H2,1-2H3,(H,29,32). The fourth-order valence-electron chi connectivity index (χ4n) is 4.59. The van der Waals surface area contributed by atoms with Gasteiger partial charge in [-0.05, 0) is 60.5 Å². The smallest absolute Gasteiger partial charge is 0.407 e. The highest BCUT2D eigenvalue weighted by Gasteiger charge is 2.44. The van der Waals surface area contributed by atoms with Gasteiger partial charge in [0, 0.05) is 23.7 Å². The van der Waals surface area contributed by atoms with Crippen molar-refractivity contribution in [3.63, 3.8) is 0 Å². The van der Waals surface area contributed by atoms with Crippen molar-refractivity contribution >= 4 is 23.7 Å². The predicted molar refractivity (Wildman–Crippen MR) is 140 cm³/mol. The minimum Gasteiger partial charge on any atom is -0.443 e. The molecule has 0 radical (unpaired) electrons. The first-order chi connectivity index (χ1) is 17.4. The van der Waals surface area contributed by atoms with Gasteiger partial charge < -0.3 is 30.4 Å². The Morgan fingerprint density at radius 3 is 2.64 bits per heavy atom. The van der Waals surface area contributed by atoms with E-state index in [2.05, 4.69) is 23.5 Å². The summed E-state index contributed by atoms with van der Waals surface area (Å²) >= 11 is 1.58. The zero-order valence-electron chi connectivity index (χ0n) is 20.9. The van der Waals surface area contributed by atoms with E-state index in [0.717, 1.165) is 23.4 Å². The van der Waals surface area contributed by atoms with Gasteiger partial charge in [0.2, 0.25) is 0 Å². The Morgan fingerprint density at radius 1 is 1.17 bits per heavy atom. The van der Waals surface area contributed by atoms with Gasteiger partial charge in [0.25, 0.3) is 0 Å². The average Bonchev–Trinajstić information content (AvgIpc) is 3.45. The Kier molecular flexibility index (Phi) is 9.50. The summed E-state index contributed by atoms with van der Waals surface area (Å²) < 4.78 is 19.0. The van der Waals surface area contributed by atoms with Gasteiger partial charge in [-0.1, -0.05) is 44.2 Å². The van der Waals surface area contributed by atoms with Gasteiger partial charge in [0.05, 0.1) is 31.3 Å². The van der Waals surface area contributed by atoms with Crippen LogP contribution in [0.4, 0.5) is 10.5 Å². The second kappa shape index (κ2) is 12.8. The van der Waals surface area contributed by atoms with Crippen LogP contribution in [0.3, 0.4) is 0 Å². The second-order valence-corrected chi connectivity index (χ2v) is 11.0. The Morgan fingerprint density at radius 2 is 1.92 bits per heavy atom. The molecule has 5 atom stereocenters. The Balaban J connectivity index is 1.42. The van der Waals surface area contributed by atoms with E-state index in [1.54, 1.807) is 11.9 Å². The number of rotatable bonds is 11. The minimum atomic E-state index is -0.819. The summed E-state index contributed by atoms with van der Waals surface area (Å²) in [6, 6.07) is 17.0. The number of nitrogen functional groups attached to an aromatic ring is 1. The number of benzene rings is 2. The van der Waals surface area contributed by atoms with Crippen LogP contribution >= 0.6 is 11.9 Å². The van der Waals surface area contributed by atoms with Gasteiger partial charge >= 0.3 is 6.09 Å². The van der Waals surface area contributed by atoms with Crippen LogP contribution in [0.5, 0.6) is 0 Å². The van der Waals surface area contributed by atoms with Crippen LogP contribution in [0.2, 0.25) is 0 Å². The summed E-state index contributed by atoms with van der Waals surface area (Å²) in [6.07, 6.45) is -0.701. The topological polar surface area (TPSA) is 106 Å². The highest BCUT2D eigenvalue weighted by molar-refractivity contribution is 7.97. The molecule has 2 heterocycles. The number of nitrogens with two attached hydrogens (primary N) is 1. The van der Waals surface area contributed by atoms with E-state index in [0.29, 0.717) is 37.8 Å². The maximum Gasteiger partial charge on any atom is 0.407 e. The number of hydrogen-bond acceptors (Lipinski definition) is 8. The van der Waals surface area contributed by atoms with E-state index in [1.807, 2.05) is 54.6 Å². The lowest BCUT2D eigenvalue weighted by Crippen LogP contribution is -2.50. The quantitative estimate of drug-likeness (QED) is 0.307. The molecule has 0 aliphatic carbocycles. The molecule has 1 amide bonds. The molecular formula is C27H37N3O5S. The van der Waals surface area contributed by atoms with Crippen LogP contribution in [0.15, 0.2) is 59.5 Å². The summed E-state index contributed by atoms with van der Waals surface area (Å²) in [4.78, 5) is 13.9. The van der Waals surface area contributed by atoms with Gasteiger partial charge in [-0.2, -0.15) is 0 Å². The molecule has 36 heavy (non-hydrogen) atoms. The highest BCUT2D eigenvalue weighted by atomic mass is 32.2. The average molecular weight is 516 g/mol. The summed E-state index contributed by atoms with van der Waals surface area (Å²) in [5.74, 6) is 0.457. The van der Waals surface area contributed by atoms with Crippen LogP contribution in [0, 0.1) is 11.8 Å². The minimum absolute atomic E-state index is 0.0612. The number of nitrogens with one attached hydrogen (secondary N) is 1. The summed E-state index contributed by atoms with van der Waals surface area (Å²) in [6.45, 7) is 6.37. The molecule has 0 spiro atoms. The van der Waals surface area contributed by atoms with Crippen LogP contribution in [0.25, 0.3) is 0 Å². The van der Waals surface area contributed by atoms with Gasteiger partial charge in [0.15, 0.2) is 6.29 Å². The fourth-order valence-corrected chi connectivity index (χ4v) is 5.75. The van der Waals surface area contributed by atoms with E-state index in [-0.39, 0.29) is 18.3 Å². The number of aliphatic hydroxyl groups excluding tert-OH is 1. The van der Waals surface area contributed by atoms with Crippen molar-refractivity contribution in [2.75, 3.05) is 32.0 Å². The molecule has 2 saturated heterocycles. The van der Waals surface area contributed by atoms with Gasteiger partial charge in [-0.15, -0.1) is 0 Å². The van der Waals surface area contributed by atoms with E-state index < -0.39 is 18.2 Å². The highest BCUT2D eigenvalue weighted by Crippen LogP contribution is 2.33. The third kappa shape index (κ3) is 7.60. The van der Waals surface area contributed by atoms with E-state index in [4.69, 9.17) is 19.9 Å². The first kappa shape index (κ1) is 26.8. The van der Waals surface area contributed by atoms with E-state index in [9.17, 15) is 9.90 Å². The summed E-state index contributed by atoms with van der Waals surface area (Å²) in [5, 5.41) is 14.3. The Hall–Kier alpha value is -2.30. The molecule has 2 aromatic carbocycles. The van der Waals surface area contributed by atoms with Crippen molar-refractivity contribution in [1.82, 2.24) is 9.62 Å². The second-order valence-electron chi connectivity index (χ2n) is 9.88. The van der Waals surface area contributed by atoms with Crippen molar-refractivity contribution in [3.8, 4) is 0 Å². The maximum atomic E-state index is 12.9.